The first-order chi connectivity index (χ1) is 9.61. The molecule has 1 nitrogen and oxygen atoms in total. The van der Waals surface area contributed by atoms with Crippen LogP contribution >= 0.6 is 23.2 Å². The summed E-state index contributed by atoms with van der Waals surface area (Å²) in [5, 5.41) is 4.98. The lowest BCUT2D eigenvalue weighted by atomic mass is 10.0. The van der Waals surface area contributed by atoms with Crippen LogP contribution in [0, 0.1) is 6.92 Å². The van der Waals surface area contributed by atoms with Gasteiger partial charge in [0, 0.05) is 16.6 Å². The van der Waals surface area contributed by atoms with Crippen molar-refractivity contribution in [2.75, 3.05) is 6.54 Å². The molecule has 0 aliphatic carbocycles. The third-order valence-electron chi connectivity index (χ3n) is 3.29. The molecule has 0 spiro atoms. The summed E-state index contributed by atoms with van der Waals surface area (Å²) in [6, 6.07) is 12.3. The van der Waals surface area contributed by atoms with Crippen LogP contribution in [0.1, 0.15) is 24.5 Å². The summed E-state index contributed by atoms with van der Waals surface area (Å²) in [7, 11) is 0. The highest BCUT2D eigenvalue weighted by Crippen LogP contribution is 2.28. The van der Waals surface area contributed by atoms with Gasteiger partial charge in [-0.2, -0.15) is 0 Å². The van der Waals surface area contributed by atoms with Crippen molar-refractivity contribution in [3.8, 4) is 11.1 Å². The van der Waals surface area contributed by atoms with E-state index in [0.29, 0.717) is 0 Å². The predicted octanol–water partition coefficient (Wildman–Crippen LogP) is 5.47. The van der Waals surface area contributed by atoms with Crippen LogP contribution in [0.15, 0.2) is 36.4 Å². The maximum atomic E-state index is 6.25. The molecule has 0 aromatic heterocycles. The average molecular weight is 308 g/mol. The molecule has 2 aromatic carbocycles. The lowest BCUT2D eigenvalue weighted by Gasteiger charge is -2.10. The quantitative estimate of drug-likeness (QED) is 0.722. The summed E-state index contributed by atoms with van der Waals surface area (Å²) in [5.41, 5.74) is 4.47. The molecule has 0 radical (unpaired) electrons. The Labute approximate surface area is 130 Å². The molecule has 0 unspecified atom stereocenters. The molecular weight excluding hydrogens is 289 g/mol. The zero-order chi connectivity index (χ0) is 14.5. The Hall–Kier alpha value is -1.02. The highest BCUT2D eigenvalue weighted by Gasteiger charge is 2.05. The van der Waals surface area contributed by atoms with Crippen molar-refractivity contribution in [3.05, 3.63) is 57.6 Å². The monoisotopic (exact) mass is 307 g/mol. The normalized spacial score (nSPS) is 10.8. The minimum absolute atomic E-state index is 0.792. The minimum Gasteiger partial charge on any atom is -0.313 e. The molecule has 0 atom stereocenters. The van der Waals surface area contributed by atoms with E-state index in [1.165, 1.54) is 0 Å². The molecule has 0 fully saturated rings. The Morgan fingerprint density at radius 1 is 0.950 bits per heavy atom. The Morgan fingerprint density at radius 3 is 2.35 bits per heavy atom. The van der Waals surface area contributed by atoms with Crippen LogP contribution < -0.4 is 5.32 Å². The van der Waals surface area contributed by atoms with E-state index < -0.39 is 0 Å². The Balaban J connectivity index is 2.27. The van der Waals surface area contributed by atoms with Gasteiger partial charge in [0.15, 0.2) is 0 Å². The van der Waals surface area contributed by atoms with E-state index in [0.717, 1.165) is 51.8 Å². The fourth-order valence-electron chi connectivity index (χ4n) is 2.06. The van der Waals surface area contributed by atoms with E-state index in [2.05, 4.69) is 24.4 Å². The van der Waals surface area contributed by atoms with Crippen LogP contribution in [-0.2, 0) is 6.54 Å². The van der Waals surface area contributed by atoms with Gasteiger partial charge in [-0.1, -0.05) is 48.3 Å². The lowest BCUT2D eigenvalue weighted by molar-refractivity contribution is 0.676. The molecule has 0 saturated heterocycles. The van der Waals surface area contributed by atoms with Gasteiger partial charge in [0.05, 0.1) is 0 Å². The molecule has 0 aliphatic heterocycles. The molecule has 2 aromatic rings. The molecule has 20 heavy (non-hydrogen) atoms. The van der Waals surface area contributed by atoms with Gasteiger partial charge in [0.25, 0.3) is 0 Å². The number of aryl methyl sites for hydroxylation is 1. The van der Waals surface area contributed by atoms with Crippen molar-refractivity contribution in [1.29, 1.82) is 0 Å². The molecule has 0 amide bonds. The van der Waals surface area contributed by atoms with E-state index >= 15 is 0 Å². The summed E-state index contributed by atoms with van der Waals surface area (Å²) >= 11 is 12.5. The fourth-order valence-corrected chi connectivity index (χ4v) is 2.43. The Bertz CT molecular complexity index is 594. The molecule has 3 heteroatoms. The zero-order valence-corrected chi connectivity index (χ0v) is 13.4. The van der Waals surface area contributed by atoms with Crippen LogP contribution in [0.25, 0.3) is 11.1 Å². The zero-order valence-electron chi connectivity index (χ0n) is 11.8. The van der Waals surface area contributed by atoms with Crippen molar-refractivity contribution in [2.24, 2.45) is 0 Å². The summed E-state index contributed by atoms with van der Waals surface area (Å²) in [4.78, 5) is 0. The van der Waals surface area contributed by atoms with Gasteiger partial charge in [0.1, 0.15) is 0 Å². The van der Waals surface area contributed by atoms with Crippen molar-refractivity contribution in [2.45, 2.75) is 26.8 Å². The van der Waals surface area contributed by atoms with Crippen molar-refractivity contribution in [3.63, 3.8) is 0 Å². The van der Waals surface area contributed by atoms with Gasteiger partial charge in [-0.15, -0.1) is 0 Å². The Kier molecular flexibility index (Phi) is 5.47. The summed E-state index contributed by atoms with van der Waals surface area (Å²) in [6.07, 6.45) is 1.12. The molecule has 1 N–H and O–H groups in total. The second-order valence-electron chi connectivity index (χ2n) is 4.95. The van der Waals surface area contributed by atoms with Gasteiger partial charge < -0.3 is 5.32 Å². The number of benzene rings is 2. The van der Waals surface area contributed by atoms with Gasteiger partial charge in [-0.25, -0.2) is 0 Å². The van der Waals surface area contributed by atoms with Crippen molar-refractivity contribution < 1.29 is 0 Å². The summed E-state index contributed by atoms with van der Waals surface area (Å²) in [5.74, 6) is 0. The maximum Gasteiger partial charge on any atom is 0.0451 e. The van der Waals surface area contributed by atoms with Gasteiger partial charge in [0.2, 0.25) is 0 Å². The van der Waals surface area contributed by atoms with Crippen LogP contribution in [0.3, 0.4) is 0 Å². The van der Waals surface area contributed by atoms with Crippen LogP contribution in [0.4, 0.5) is 0 Å². The summed E-state index contributed by atoms with van der Waals surface area (Å²) in [6.45, 7) is 5.95. The van der Waals surface area contributed by atoms with E-state index in [1.807, 2.05) is 31.2 Å². The molecular formula is C17H19Cl2N. The van der Waals surface area contributed by atoms with Crippen LogP contribution in [0.2, 0.25) is 10.0 Å². The first-order valence-corrected chi connectivity index (χ1v) is 7.63. The molecule has 2 rings (SSSR count). The van der Waals surface area contributed by atoms with Crippen molar-refractivity contribution in [1.82, 2.24) is 5.32 Å². The van der Waals surface area contributed by atoms with Gasteiger partial charge in [-0.3, -0.25) is 0 Å². The minimum atomic E-state index is 0.792. The predicted molar refractivity (Wildman–Crippen MR) is 88.6 cm³/mol. The van der Waals surface area contributed by atoms with E-state index in [1.54, 1.807) is 0 Å². The van der Waals surface area contributed by atoms with E-state index in [-0.39, 0.29) is 0 Å². The highest BCUT2D eigenvalue weighted by molar-refractivity contribution is 6.32. The second-order valence-corrected chi connectivity index (χ2v) is 5.76. The number of hydrogen-bond donors (Lipinski definition) is 1. The van der Waals surface area contributed by atoms with Crippen molar-refractivity contribution >= 4 is 23.2 Å². The largest absolute Gasteiger partial charge is 0.313 e. The Morgan fingerprint density at radius 2 is 1.65 bits per heavy atom. The number of halogens is 2. The summed E-state index contributed by atoms with van der Waals surface area (Å²) < 4.78 is 0. The second kappa shape index (κ2) is 7.12. The third-order valence-corrected chi connectivity index (χ3v) is 4.07. The van der Waals surface area contributed by atoms with Gasteiger partial charge >= 0.3 is 0 Å². The lowest BCUT2D eigenvalue weighted by Crippen LogP contribution is -2.14. The highest BCUT2D eigenvalue weighted by atomic mass is 35.5. The average Bonchev–Trinajstić information content (AvgIpc) is 2.44. The van der Waals surface area contributed by atoms with Crippen LogP contribution in [-0.4, -0.2) is 6.54 Å². The van der Waals surface area contributed by atoms with Gasteiger partial charge in [-0.05, 0) is 60.3 Å². The topological polar surface area (TPSA) is 12.0 Å². The van der Waals surface area contributed by atoms with E-state index in [9.17, 15) is 0 Å². The van der Waals surface area contributed by atoms with Crippen LogP contribution in [0.5, 0.6) is 0 Å². The first-order valence-electron chi connectivity index (χ1n) is 6.87. The number of rotatable bonds is 5. The molecule has 0 saturated carbocycles. The number of nitrogens with one attached hydrogen (secondary N) is 1. The number of hydrogen-bond acceptors (Lipinski definition) is 1. The molecule has 106 valence electrons. The third kappa shape index (κ3) is 3.76. The smallest absolute Gasteiger partial charge is 0.0451 e. The molecule has 0 heterocycles. The van der Waals surface area contributed by atoms with E-state index in [4.69, 9.17) is 23.2 Å². The maximum absolute atomic E-state index is 6.25. The standard InChI is InChI=1S/C17H19Cl2N/c1-3-8-20-11-15-9-13(6-7-16(15)18)14-5-4-12(2)17(19)10-14/h4-7,9-10,20H,3,8,11H2,1-2H3. The first kappa shape index (κ1) is 15.4. The SMILES string of the molecule is CCCNCc1cc(-c2ccc(C)c(Cl)c2)ccc1Cl. The fraction of sp³-hybridized carbons (Fsp3) is 0.294. The molecule has 0 bridgehead atoms. The molecule has 0 aliphatic rings.